The van der Waals surface area contributed by atoms with Crippen LogP contribution in [-0.4, -0.2) is 28.4 Å². The summed E-state index contributed by atoms with van der Waals surface area (Å²) in [5.74, 6) is 0.0410. The molecule has 1 amide bonds. The Labute approximate surface area is 141 Å². The first-order chi connectivity index (χ1) is 11.1. The van der Waals surface area contributed by atoms with E-state index in [2.05, 4.69) is 39.5 Å². The van der Waals surface area contributed by atoms with E-state index < -0.39 is 0 Å². The highest BCUT2D eigenvalue weighted by molar-refractivity contribution is 6.29. The maximum atomic E-state index is 12.4. The number of aromatic nitrogens is 1. The molecule has 2 aromatic rings. The number of carbonyl (C=O) groups excluding carboxylic acids is 1. The Kier molecular flexibility index (Phi) is 4.94. The monoisotopic (exact) mass is 329 g/mol. The summed E-state index contributed by atoms with van der Waals surface area (Å²) in [6.07, 6.45) is 2.68. The van der Waals surface area contributed by atoms with E-state index >= 15 is 0 Å². The van der Waals surface area contributed by atoms with Crippen LogP contribution in [0.25, 0.3) is 0 Å². The van der Waals surface area contributed by atoms with Gasteiger partial charge in [-0.15, -0.1) is 0 Å². The standard InChI is InChI=1S/C18H20ClN3O/c1-13(18(23)21-11-14-6-7-17(19)20-10-14)22-9-8-15-4-2-3-5-16(15)12-22/h2-7,10,13H,8-9,11-12H2,1H3,(H,21,23)/t13-/m0/s1. The number of nitrogens with zero attached hydrogens (tertiary/aromatic N) is 2. The first-order valence-corrected chi connectivity index (χ1v) is 8.20. The van der Waals surface area contributed by atoms with E-state index in [1.807, 2.05) is 13.0 Å². The summed E-state index contributed by atoms with van der Waals surface area (Å²) in [7, 11) is 0. The van der Waals surface area contributed by atoms with E-state index in [-0.39, 0.29) is 11.9 Å². The third-order valence-corrected chi connectivity index (χ3v) is 4.57. The quantitative estimate of drug-likeness (QED) is 0.877. The number of carbonyl (C=O) groups is 1. The molecule has 0 saturated carbocycles. The Balaban J connectivity index is 1.56. The maximum absolute atomic E-state index is 12.4. The van der Waals surface area contributed by atoms with Gasteiger partial charge in [-0.3, -0.25) is 9.69 Å². The number of benzene rings is 1. The molecule has 120 valence electrons. The summed E-state index contributed by atoms with van der Waals surface area (Å²) in [4.78, 5) is 18.6. The topological polar surface area (TPSA) is 45.2 Å². The highest BCUT2D eigenvalue weighted by atomic mass is 35.5. The van der Waals surface area contributed by atoms with Crippen molar-refractivity contribution in [2.45, 2.75) is 32.5 Å². The van der Waals surface area contributed by atoms with Crippen LogP contribution < -0.4 is 5.32 Å². The Morgan fingerprint density at radius 3 is 2.83 bits per heavy atom. The lowest BCUT2D eigenvalue weighted by Crippen LogP contribution is -2.46. The van der Waals surface area contributed by atoms with Crippen molar-refractivity contribution >= 4 is 17.5 Å². The van der Waals surface area contributed by atoms with Crippen LogP contribution in [0.2, 0.25) is 5.15 Å². The highest BCUT2D eigenvalue weighted by Gasteiger charge is 2.24. The van der Waals surface area contributed by atoms with Crippen molar-refractivity contribution in [3.8, 4) is 0 Å². The van der Waals surface area contributed by atoms with Crippen LogP contribution in [0.1, 0.15) is 23.6 Å². The fourth-order valence-electron chi connectivity index (χ4n) is 2.86. The van der Waals surface area contributed by atoms with Gasteiger partial charge < -0.3 is 5.32 Å². The number of halogens is 1. The smallest absolute Gasteiger partial charge is 0.237 e. The van der Waals surface area contributed by atoms with Gasteiger partial charge in [-0.1, -0.05) is 41.9 Å². The molecule has 1 aliphatic rings. The van der Waals surface area contributed by atoms with Crippen molar-refractivity contribution < 1.29 is 4.79 Å². The highest BCUT2D eigenvalue weighted by Crippen LogP contribution is 2.20. The molecule has 5 heteroatoms. The van der Waals surface area contributed by atoms with E-state index in [0.29, 0.717) is 11.7 Å². The van der Waals surface area contributed by atoms with Crippen molar-refractivity contribution in [2.24, 2.45) is 0 Å². The number of hydrogen-bond acceptors (Lipinski definition) is 3. The second kappa shape index (κ2) is 7.11. The first-order valence-electron chi connectivity index (χ1n) is 7.82. The second-order valence-corrected chi connectivity index (χ2v) is 6.26. The van der Waals surface area contributed by atoms with Crippen LogP contribution in [0.3, 0.4) is 0 Å². The van der Waals surface area contributed by atoms with Gasteiger partial charge in [0, 0.05) is 25.8 Å². The minimum atomic E-state index is -0.149. The minimum Gasteiger partial charge on any atom is -0.351 e. The van der Waals surface area contributed by atoms with Crippen molar-refractivity contribution in [3.63, 3.8) is 0 Å². The predicted molar refractivity (Wildman–Crippen MR) is 91.1 cm³/mol. The van der Waals surface area contributed by atoms with Crippen molar-refractivity contribution in [1.29, 1.82) is 0 Å². The number of rotatable bonds is 4. The predicted octanol–water partition coefficient (Wildman–Crippen LogP) is 2.80. The first kappa shape index (κ1) is 16.0. The number of pyridine rings is 1. The van der Waals surface area contributed by atoms with Gasteiger partial charge in [-0.05, 0) is 36.1 Å². The van der Waals surface area contributed by atoms with Gasteiger partial charge in [0.05, 0.1) is 6.04 Å². The van der Waals surface area contributed by atoms with Gasteiger partial charge in [-0.25, -0.2) is 4.98 Å². The van der Waals surface area contributed by atoms with Crippen molar-refractivity contribution in [1.82, 2.24) is 15.2 Å². The van der Waals surface area contributed by atoms with E-state index in [1.54, 1.807) is 12.3 Å². The summed E-state index contributed by atoms with van der Waals surface area (Å²) in [6, 6.07) is 11.9. The molecule has 0 spiro atoms. The molecule has 0 aliphatic carbocycles. The van der Waals surface area contributed by atoms with Crippen LogP contribution in [0.4, 0.5) is 0 Å². The molecule has 1 aromatic heterocycles. The van der Waals surface area contributed by atoms with E-state index in [9.17, 15) is 4.79 Å². The second-order valence-electron chi connectivity index (χ2n) is 5.87. The number of hydrogen-bond donors (Lipinski definition) is 1. The number of nitrogens with one attached hydrogen (secondary N) is 1. The third kappa shape index (κ3) is 3.89. The molecule has 0 fully saturated rings. The molecule has 23 heavy (non-hydrogen) atoms. The molecule has 1 aromatic carbocycles. The Hall–Kier alpha value is -1.91. The Morgan fingerprint density at radius 2 is 2.09 bits per heavy atom. The lowest BCUT2D eigenvalue weighted by molar-refractivity contribution is -0.126. The molecule has 1 N–H and O–H groups in total. The van der Waals surface area contributed by atoms with Crippen LogP contribution >= 0.6 is 11.6 Å². The molecule has 1 aliphatic heterocycles. The number of fused-ring (bicyclic) bond motifs is 1. The molecule has 2 heterocycles. The summed E-state index contributed by atoms with van der Waals surface area (Å²) in [5.41, 5.74) is 3.66. The van der Waals surface area contributed by atoms with Gasteiger partial charge >= 0.3 is 0 Å². The zero-order valence-corrected chi connectivity index (χ0v) is 13.9. The van der Waals surface area contributed by atoms with E-state index in [4.69, 9.17) is 11.6 Å². The molecule has 0 bridgehead atoms. The zero-order valence-electron chi connectivity index (χ0n) is 13.1. The summed E-state index contributed by atoms with van der Waals surface area (Å²) in [5, 5.41) is 3.43. The SMILES string of the molecule is C[C@@H](C(=O)NCc1ccc(Cl)nc1)N1CCc2ccccc2C1. The van der Waals surface area contributed by atoms with Crippen molar-refractivity contribution in [2.75, 3.05) is 6.54 Å². The molecule has 4 nitrogen and oxygen atoms in total. The van der Waals surface area contributed by atoms with Gasteiger partial charge in [0.1, 0.15) is 5.15 Å². The van der Waals surface area contributed by atoms with Crippen LogP contribution in [0.5, 0.6) is 0 Å². The van der Waals surface area contributed by atoms with E-state index in [1.165, 1.54) is 11.1 Å². The lowest BCUT2D eigenvalue weighted by atomic mass is 9.99. The van der Waals surface area contributed by atoms with Crippen LogP contribution in [-0.2, 0) is 24.3 Å². The van der Waals surface area contributed by atoms with Gasteiger partial charge in [0.2, 0.25) is 5.91 Å². The molecule has 0 radical (unpaired) electrons. The minimum absolute atomic E-state index is 0.0410. The summed E-state index contributed by atoms with van der Waals surface area (Å²) < 4.78 is 0. The molecule has 1 atom stereocenters. The Bertz CT molecular complexity index is 687. The summed E-state index contributed by atoms with van der Waals surface area (Å²) in [6.45, 7) is 4.17. The largest absolute Gasteiger partial charge is 0.351 e. The molecular weight excluding hydrogens is 310 g/mol. The van der Waals surface area contributed by atoms with Gasteiger partial charge in [-0.2, -0.15) is 0 Å². The molecule has 3 rings (SSSR count). The van der Waals surface area contributed by atoms with E-state index in [0.717, 1.165) is 25.1 Å². The average molecular weight is 330 g/mol. The van der Waals surface area contributed by atoms with Crippen LogP contribution in [0.15, 0.2) is 42.6 Å². The summed E-state index contributed by atoms with van der Waals surface area (Å²) >= 11 is 5.76. The normalized spacial score (nSPS) is 15.7. The zero-order chi connectivity index (χ0) is 16.2. The van der Waals surface area contributed by atoms with Gasteiger partial charge in [0.15, 0.2) is 0 Å². The molecular formula is C18H20ClN3O. The Morgan fingerprint density at radius 1 is 1.30 bits per heavy atom. The fraction of sp³-hybridized carbons (Fsp3) is 0.333. The fourth-order valence-corrected chi connectivity index (χ4v) is 2.97. The van der Waals surface area contributed by atoms with Crippen LogP contribution in [0, 0.1) is 0 Å². The maximum Gasteiger partial charge on any atom is 0.237 e. The molecule has 0 unspecified atom stereocenters. The number of amides is 1. The third-order valence-electron chi connectivity index (χ3n) is 4.34. The van der Waals surface area contributed by atoms with Gasteiger partial charge in [0.25, 0.3) is 0 Å². The lowest BCUT2D eigenvalue weighted by Gasteiger charge is -2.32. The molecule has 0 saturated heterocycles. The van der Waals surface area contributed by atoms with Crippen molar-refractivity contribution in [3.05, 3.63) is 64.4 Å². The average Bonchev–Trinajstić information content (AvgIpc) is 2.60.